The molecule has 3 nitrogen and oxygen atoms in total. The molecule has 1 atom stereocenters. The summed E-state index contributed by atoms with van der Waals surface area (Å²) in [5.41, 5.74) is 2.37. The standard InChI is InChI=1S/C19H21NO2/c1-22-18-9-7-15(8-10-18)13-19(21)20-12-11-17(14-20)16-5-3-2-4-6-16/h2-10,17H,11-14H2,1H3/t17-/m1/s1. The summed E-state index contributed by atoms with van der Waals surface area (Å²) in [7, 11) is 1.65. The van der Waals surface area contributed by atoms with E-state index >= 15 is 0 Å². The third-order valence-electron chi connectivity index (χ3n) is 4.33. The second-order valence-electron chi connectivity index (χ2n) is 5.76. The average molecular weight is 295 g/mol. The highest BCUT2D eigenvalue weighted by molar-refractivity contribution is 5.79. The molecule has 1 fully saturated rings. The number of benzene rings is 2. The van der Waals surface area contributed by atoms with Gasteiger partial charge in [0.15, 0.2) is 0 Å². The normalized spacial score (nSPS) is 17.5. The van der Waals surface area contributed by atoms with Crippen LogP contribution in [-0.2, 0) is 11.2 Å². The van der Waals surface area contributed by atoms with Crippen LogP contribution in [0.25, 0.3) is 0 Å². The number of hydrogen-bond acceptors (Lipinski definition) is 2. The molecule has 2 aromatic carbocycles. The number of rotatable bonds is 4. The topological polar surface area (TPSA) is 29.5 Å². The minimum absolute atomic E-state index is 0.212. The Labute approximate surface area is 131 Å². The van der Waals surface area contributed by atoms with Crippen LogP contribution in [0, 0.1) is 0 Å². The summed E-state index contributed by atoms with van der Waals surface area (Å²) in [6, 6.07) is 18.2. The molecule has 0 aromatic heterocycles. The molecule has 3 heteroatoms. The second kappa shape index (κ2) is 6.65. The molecule has 0 N–H and O–H groups in total. The Hall–Kier alpha value is -2.29. The van der Waals surface area contributed by atoms with Crippen LogP contribution in [0.1, 0.15) is 23.5 Å². The van der Waals surface area contributed by atoms with E-state index in [4.69, 9.17) is 4.74 Å². The first-order valence-corrected chi connectivity index (χ1v) is 7.72. The fourth-order valence-corrected chi connectivity index (χ4v) is 3.01. The lowest BCUT2D eigenvalue weighted by Crippen LogP contribution is -2.29. The van der Waals surface area contributed by atoms with Gasteiger partial charge >= 0.3 is 0 Å². The molecule has 0 spiro atoms. The smallest absolute Gasteiger partial charge is 0.227 e. The van der Waals surface area contributed by atoms with E-state index in [9.17, 15) is 4.79 Å². The Morgan fingerprint density at radius 1 is 1.14 bits per heavy atom. The Morgan fingerprint density at radius 2 is 1.86 bits per heavy atom. The van der Waals surface area contributed by atoms with Crippen molar-refractivity contribution in [2.75, 3.05) is 20.2 Å². The summed E-state index contributed by atoms with van der Waals surface area (Å²) in [4.78, 5) is 14.4. The van der Waals surface area contributed by atoms with Gasteiger partial charge in [-0.05, 0) is 29.7 Å². The van der Waals surface area contributed by atoms with E-state index in [2.05, 4.69) is 24.3 Å². The molecular formula is C19H21NO2. The van der Waals surface area contributed by atoms with Crippen LogP contribution < -0.4 is 4.74 Å². The number of carbonyl (C=O) groups excluding carboxylic acids is 1. The zero-order valence-corrected chi connectivity index (χ0v) is 12.9. The molecule has 1 amide bonds. The fourth-order valence-electron chi connectivity index (χ4n) is 3.01. The molecule has 1 heterocycles. The van der Waals surface area contributed by atoms with Gasteiger partial charge in [-0.15, -0.1) is 0 Å². The van der Waals surface area contributed by atoms with E-state index in [0.717, 1.165) is 30.8 Å². The third kappa shape index (κ3) is 3.30. The minimum atomic E-state index is 0.212. The van der Waals surface area contributed by atoms with Gasteiger partial charge in [-0.3, -0.25) is 4.79 Å². The van der Waals surface area contributed by atoms with Gasteiger partial charge < -0.3 is 9.64 Å². The number of amides is 1. The molecular weight excluding hydrogens is 274 g/mol. The van der Waals surface area contributed by atoms with Crippen LogP contribution in [0.15, 0.2) is 54.6 Å². The first-order chi connectivity index (χ1) is 10.8. The van der Waals surface area contributed by atoms with Crippen LogP contribution in [0.2, 0.25) is 0 Å². The van der Waals surface area contributed by atoms with Crippen LogP contribution in [0.3, 0.4) is 0 Å². The van der Waals surface area contributed by atoms with Crippen LogP contribution in [0.5, 0.6) is 5.75 Å². The highest BCUT2D eigenvalue weighted by Gasteiger charge is 2.26. The Bertz CT molecular complexity index is 622. The van der Waals surface area contributed by atoms with Crippen molar-refractivity contribution < 1.29 is 9.53 Å². The van der Waals surface area contributed by atoms with Gasteiger partial charge in [0.1, 0.15) is 5.75 Å². The van der Waals surface area contributed by atoms with E-state index in [1.54, 1.807) is 7.11 Å². The number of carbonyl (C=O) groups is 1. The summed E-state index contributed by atoms with van der Waals surface area (Å²) in [6.45, 7) is 1.69. The zero-order chi connectivity index (χ0) is 15.4. The summed E-state index contributed by atoms with van der Waals surface area (Å²) in [6.07, 6.45) is 1.52. The van der Waals surface area contributed by atoms with Crippen molar-refractivity contribution in [3.8, 4) is 5.75 Å². The molecule has 1 aliphatic rings. The van der Waals surface area contributed by atoms with E-state index in [0.29, 0.717) is 12.3 Å². The Morgan fingerprint density at radius 3 is 2.55 bits per heavy atom. The molecule has 1 aliphatic heterocycles. The number of hydrogen-bond donors (Lipinski definition) is 0. The predicted molar refractivity (Wildman–Crippen MR) is 87.1 cm³/mol. The van der Waals surface area contributed by atoms with E-state index in [-0.39, 0.29) is 5.91 Å². The average Bonchev–Trinajstić information content (AvgIpc) is 3.06. The fraction of sp³-hybridized carbons (Fsp3) is 0.316. The maximum Gasteiger partial charge on any atom is 0.227 e. The molecule has 0 unspecified atom stereocenters. The van der Waals surface area contributed by atoms with Crippen molar-refractivity contribution in [2.24, 2.45) is 0 Å². The summed E-state index contributed by atoms with van der Waals surface area (Å²) in [5, 5.41) is 0. The van der Waals surface area contributed by atoms with Gasteiger partial charge in [-0.2, -0.15) is 0 Å². The van der Waals surface area contributed by atoms with E-state index in [1.165, 1.54) is 5.56 Å². The SMILES string of the molecule is COc1ccc(CC(=O)N2CC[C@@H](c3ccccc3)C2)cc1. The molecule has 0 bridgehead atoms. The monoisotopic (exact) mass is 295 g/mol. The van der Waals surface area contributed by atoms with E-state index in [1.807, 2.05) is 35.2 Å². The van der Waals surface area contributed by atoms with Gasteiger partial charge in [-0.25, -0.2) is 0 Å². The zero-order valence-electron chi connectivity index (χ0n) is 12.9. The Balaban J connectivity index is 1.59. The largest absolute Gasteiger partial charge is 0.497 e. The molecule has 114 valence electrons. The highest BCUT2D eigenvalue weighted by atomic mass is 16.5. The number of likely N-dealkylation sites (tertiary alicyclic amines) is 1. The van der Waals surface area contributed by atoms with Crippen molar-refractivity contribution in [1.82, 2.24) is 4.90 Å². The van der Waals surface area contributed by atoms with Crippen LogP contribution in [-0.4, -0.2) is 31.0 Å². The first-order valence-electron chi connectivity index (χ1n) is 7.72. The van der Waals surface area contributed by atoms with Crippen LogP contribution in [0.4, 0.5) is 0 Å². The summed E-state index contributed by atoms with van der Waals surface area (Å²) >= 11 is 0. The number of nitrogens with zero attached hydrogens (tertiary/aromatic N) is 1. The summed E-state index contributed by atoms with van der Waals surface area (Å²) < 4.78 is 5.14. The molecule has 3 rings (SSSR count). The van der Waals surface area contributed by atoms with Gasteiger partial charge in [0.2, 0.25) is 5.91 Å². The van der Waals surface area contributed by atoms with Crippen molar-refractivity contribution in [3.63, 3.8) is 0 Å². The van der Waals surface area contributed by atoms with Gasteiger partial charge in [-0.1, -0.05) is 42.5 Å². The third-order valence-corrected chi connectivity index (χ3v) is 4.33. The number of methoxy groups -OCH3 is 1. The number of ether oxygens (including phenoxy) is 1. The van der Waals surface area contributed by atoms with E-state index < -0.39 is 0 Å². The molecule has 22 heavy (non-hydrogen) atoms. The minimum Gasteiger partial charge on any atom is -0.497 e. The lowest BCUT2D eigenvalue weighted by atomic mass is 9.99. The molecule has 2 aromatic rings. The van der Waals surface area contributed by atoms with Crippen molar-refractivity contribution in [3.05, 3.63) is 65.7 Å². The van der Waals surface area contributed by atoms with Gasteiger partial charge in [0, 0.05) is 19.0 Å². The second-order valence-corrected chi connectivity index (χ2v) is 5.76. The lowest BCUT2D eigenvalue weighted by molar-refractivity contribution is -0.129. The molecule has 0 aliphatic carbocycles. The van der Waals surface area contributed by atoms with Crippen molar-refractivity contribution in [2.45, 2.75) is 18.8 Å². The van der Waals surface area contributed by atoms with Crippen LogP contribution >= 0.6 is 0 Å². The highest BCUT2D eigenvalue weighted by Crippen LogP contribution is 2.27. The Kier molecular flexibility index (Phi) is 4.42. The van der Waals surface area contributed by atoms with Gasteiger partial charge in [0.05, 0.1) is 13.5 Å². The molecule has 0 radical (unpaired) electrons. The van der Waals surface area contributed by atoms with Crippen molar-refractivity contribution >= 4 is 5.91 Å². The molecule has 1 saturated heterocycles. The summed E-state index contributed by atoms with van der Waals surface area (Å²) in [5.74, 6) is 1.51. The quantitative estimate of drug-likeness (QED) is 0.866. The van der Waals surface area contributed by atoms with Crippen molar-refractivity contribution in [1.29, 1.82) is 0 Å². The first kappa shape index (κ1) is 14.6. The van der Waals surface area contributed by atoms with Gasteiger partial charge in [0.25, 0.3) is 0 Å². The maximum absolute atomic E-state index is 12.4. The lowest BCUT2D eigenvalue weighted by Gasteiger charge is -2.17. The maximum atomic E-state index is 12.4. The molecule has 0 saturated carbocycles. The predicted octanol–water partition coefficient (Wildman–Crippen LogP) is 3.25.